The van der Waals surface area contributed by atoms with Crippen molar-refractivity contribution in [1.82, 2.24) is 0 Å². The van der Waals surface area contributed by atoms with E-state index in [2.05, 4.69) is 9.47 Å². The van der Waals surface area contributed by atoms with Crippen molar-refractivity contribution in [1.29, 1.82) is 0 Å². The van der Waals surface area contributed by atoms with E-state index in [4.69, 9.17) is 20.4 Å². The number of esters is 4. The van der Waals surface area contributed by atoms with Gasteiger partial charge in [0.05, 0.1) is 36.8 Å². The normalized spacial score (nSPS) is 13.8. The average molecular weight is 514 g/mol. The minimum absolute atomic E-state index is 0.722. The molecule has 0 fully saturated rings. The summed E-state index contributed by atoms with van der Waals surface area (Å²) in [7, 11) is 0. The second-order valence-electron chi connectivity index (χ2n) is 7.24. The van der Waals surface area contributed by atoms with Gasteiger partial charge in [0.25, 0.3) is 0 Å². The highest BCUT2D eigenvalue weighted by molar-refractivity contribution is 6.08. The van der Waals surface area contributed by atoms with Gasteiger partial charge in [0.15, 0.2) is 11.2 Å². The van der Waals surface area contributed by atoms with Gasteiger partial charge in [0.2, 0.25) is 0 Å². The smallest absolute Gasteiger partial charge is 0.346 e. The molecule has 0 amide bonds. The zero-order valence-corrected chi connectivity index (χ0v) is 17.9. The third-order valence-electron chi connectivity index (χ3n) is 4.34. The highest BCUT2D eigenvalue weighted by atomic mass is 16.6. The highest BCUT2D eigenvalue weighted by Gasteiger charge is 2.43. The first-order valence-electron chi connectivity index (χ1n) is 9.45. The van der Waals surface area contributed by atoms with Crippen LogP contribution in [0.15, 0.2) is 24.3 Å². The standard InChI is InChI=1S/C20H18O16/c21-11(22)5-19(33,17(29)30)7-13(25)35-15(27)9-3-1-2-4-10(9)16(28)36-14(26)8-20(34,18(31)32)6-12(23)24/h1-4,33-34H,5-8H2,(H,21,22)(H,23,24)(H,29,30)(H,31,32). The molecule has 2 unspecified atom stereocenters. The number of rotatable bonds is 12. The lowest BCUT2D eigenvalue weighted by molar-refractivity contribution is -0.170. The molecule has 1 aromatic rings. The van der Waals surface area contributed by atoms with Gasteiger partial charge in [-0.15, -0.1) is 0 Å². The van der Waals surface area contributed by atoms with Gasteiger partial charge < -0.3 is 40.1 Å². The minimum atomic E-state index is -3.12. The molecule has 0 aliphatic heterocycles. The number of hydrogen-bond donors (Lipinski definition) is 6. The predicted molar refractivity (Wildman–Crippen MR) is 106 cm³/mol. The number of carbonyl (C=O) groups excluding carboxylic acids is 4. The topological polar surface area (TPSA) is 276 Å². The third-order valence-corrected chi connectivity index (χ3v) is 4.34. The molecule has 0 aliphatic rings. The molecule has 0 heterocycles. The van der Waals surface area contributed by atoms with Crippen molar-refractivity contribution in [3.05, 3.63) is 35.4 Å². The molecular formula is C20H18O16. The molecule has 1 aromatic carbocycles. The Bertz CT molecular complexity index is 1030. The molecule has 0 saturated heterocycles. The molecule has 1 rings (SSSR count). The number of benzene rings is 1. The van der Waals surface area contributed by atoms with E-state index >= 15 is 0 Å². The number of ether oxygens (including phenoxy) is 2. The van der Waals surface area contributed by atoms with Gasteiger partial charge in [-0.1, -0.05) is 12.1 Å². The zero-order chi connectivity index (χ0) is 27.8. The third kappa shape index (κ3) is 7.96. The second-order valence-corrected chi connectivity index (χ2v) is 7.24. The summed E-state index contributed by atoms with van der Waals surface area (Å²) in [5.41, 5.74) is -7.69. The van der Waals surface area contributed by atoms with E-state index in [1.165, 1.54) is 0 Å². The summed E-state index contributed by atoms with van der Waals surface area (Å²) in [6.45, 7) is 0. The molecule has 2 atom stereocenters. The molecule has 16 heteroatoms. The number of aliphatic carboxylic acids is 4. The van der Waals surface area contributed by atoms with Crippen LogP contribution >= 0.6 is 0 Å². The van der Waals surface area contributed by atoms with Crippen LogP contribution in [0.2, 0.25) is 0 Å². The summed E-state index contributed by atoms with van der Waals surface area (Å²) < 4.78 is 8.69. The van der Waals surface area contributed by atoms with Crippen molar-refractivity contribution in [2.45, 2.75) is 36.9 Å². The van der Waals surface area contributed by atoms with E-state index in [1.807, 2.05) is 0 Å². The SMILES string of the molecule is O=C(O)CC(O)(CC(=O)OC(=O)c1ccccc1C(=O)OC(=O)CC(O)(CC(=O)O)C(=O)O)C(=O)O. The molecule has 6 N–H and O–H groups in total. The summed E-state index contributed by atoms with van der Waals surface area (Å²) in [4.78, 5) is 92.2. The number of carbonyl (C=O) groups is 8. The van der Waals surface area contributed by atoms with Gasteiger partial charge in [0, 0.05) is 0 Å². The summed E-state index contributed by atoms with van der Waals surface area (Å²) in [5, 5.41) is 55.0. The van der Waals surface area contributed by atoms with Crippen LogP contribution in [-0.4, -0.2) is 89.6 Å². The molecule has 0 bridgehead atoms. The van der Waals surface area contributed by atoms with Gasteiger partial charge in [-0.3, -0.25) is 19.2 Å². The molecule has 0 spiro atoms. The molecular weight excluding hydrogens is 496 g/mol. The number of carboxylic acid groups (broad SMARTS) is 4. The van der Waals surface area contributed by atoms with E-state index in [1.54, 1.807) is 0 Å². The van der Waals surface area contributed by atoms with E-state index in [9.17, 15) is 48.6 Å². The summed E-state index contributed by atoms with van der Waals surface area (Å²) in [6, 6.07) is 4.12. The van der Waals surface area contributed by atoms with Crippen molar-refractivity contribution < 1.29 is 78.5 Å². The maximum atomic E-state index is 12.3. The first-order valence-corrected chi connectivity index (χ1v) is 9.45. The molecule has 0 saturated carbocycles. The minimum Gasteiger partial charge on any atom is -0.481 e. The Morgan fingerprint density at radius 3 is 1.14 bits per heavy atom. The fourth-order valence-electron chi connectivity index (χ4n) is 2.63. The van der Waals surface area contributed by atoms with Crippen LogP contribution in [0, 0.1) is 0 Å². The van der Waals surface area contributed by atoms with Gasteiger partial charge in [-0.05, 0) is 12.1 Å². The van der Waals surface area contributed by atoms with Crippen molar-refractivity contribution >= 4 is 47.8 Å². The Morgan fingerprint density at radius 2 is 0.889 bits per heavy atom. The Kier molecular flexibility index (Phi) is 9.47. The largest absolute Gasteiger partial charge is 0.481 e. The monoisotopic (exact) mass is 514 g/mol. The predicted octanol–water partition coefficient (Wildman–Crippen LogP) is -1.59. The van der Waals surface area contributed by atoms with Crippen molar-refractivity contribution in [3.63, 3.8) is 0 Å². The fraction of sp³-hybridized carbons (Fsp3) is 0.300. The van der Waals surface area contributed by atoms with Crippen LogP contribution in [0.4, 0.5) is 0 Å². The maximum Gasteiger partial charge on any atom is 0.346 e. The molecule has 194 valence electrons. The zero-order valence-electron chi connectivity index (χ0n) is 17.9. The molecule has 0 aromatic heterocycles. The maximum absolute atomic E-state index is 12.3. The Hall–Kier alpha value is -4.70. The first-order chi connectivity index (χ1) is 16.5. The van der Waals surface area contributed by atoms with Crippen LogP contribution in [0.3, 0.4) is 0 Å². The van der Waals surface area contributed by atoms with Crippen LogP contribution in [0.1, 0.15) is 46.4 Å². The van der Waals surface area contributed by atoms with Crippen molar-refractivity contribution in [2.24, 2.45) is 0 Å². The fourth-order valence-corrected chi connectivity index (χ4v) is 2.63. The van der Waals surface area contributed by atoms with E-state index in [-0.39, 0.29) is 0 Å². The molecule has 36 heavy (non-hydrogen) atoms. The van der Waals surface area contributed by atoms with Gasteiger partial charge >= 0.3 is 47.8 Å². The quantitative estimate of drug-likeness (QED) is 0.135. The van der Waals surface area contributed by atoms with E-state index < -0.39 is 95.8 Å². The van der Waals surface area contributed by atoms with Crippen molar-refractivity contribution in [3.8, 4) is 0 Å². The van der Waals surface area contributed by atoms with Crippen LogP contribution in [0.5, 0.6) is 0 Å². The summed E-state index contributed by atoms with van der Waals surface area (Å²) >= 11 is 0. The van der Waals surface area contributed by atoms with Gasteiger partial charge in [-0.25, -0.2) is 19.2 Å². The molecule has 0 radical (unpaired) electrons. The highest BCUT2D eigenvalue weighted by Crippen LogP contribution is 2.20. The average Bonchev–Trinajstić information content (AvgIpc) is 2.71. The Labute approximate surface area is 199 Å². The molecule has 16 nitrogen and oxygen atoms in total. The Morgan fingerprint density at radius 1 is 0.583 bits per heavy atom. The lowest BCUT2D eigenvalue weighted by atomic mass is 9.96. The van der Waals surface area contributed by atoms with Crippen LogP contribution in [-0.2, 0) is 38.2 Å². The Balaban J connectivity index is 3.03. The van der Waals surface area contributed by atoms with Gasteiger partial charge in [-0.2, -0.15) is 0 Å². The van der Waals surface area contributed by atoms with E-state index in [0.717, 1.165) is 24.3 Å². The van der Waals surface area contributed by atoms with Gasteiger partial charge in [0.1, 0.15) is 0 Å². The number of carboxylic acids is 4. The second kappa shape index (κ2) is 11.6. The van der Waals surface area contributed by atoms with E-state index in [0.29, 0.717) is 0 Å². The van der Waals surface area contributed by atoms with Crippen LogP contribution < -0.4 is 0 Å². The van der Waals surface area contributed by atoms with Crippen LogP contribution in [0.25, 0.3) is 0 Å². The first kappa shape index (κ1) is 29.3. The number of aliphatic hydroxyl groups is 2. The summed E-state index contributed by atoms with van der Waals surface area (Å²) in [5.74, 6) is -14.3. The lowest BCUT2D eigenvalue weighted by Crippen LogP contribution is -2.43. The number of hydrogen-bond acceptors (Lipinski definition) is 12. The molecule has 0 aliphatic carbocycles. The summed E-state index contributed by atoms with van der Waals surface area (Å²) in [6.07, 6.45) is -5.77. The lowest BCUT2D eigenvalue weighted by Gasteiger charge is -2.20. The van der Waals surface area contributed by atoms with Crippen molar-refractivity contribution in [2.75, 3.05) is 0 Å².